The molecule has 2 N–H and O–H groups in total. The molecule has 0 radical (unpaired) electrons. The van der Waals surface area contributed by atoms with Crippen LogP contribution < -0.4 is 5.73 Å². The van der Waals surface area contributed by atoms with Crippen molar-refractivity contribution in [2.45, 2.75) is 19.8 Å². The molecule has 0 aromatic rings. The molecule has 0 bridgehead atoms. The number of hydrogen-bond donors (Lipinski definition) is 1. The van der Waals surface area contributed by atoms with Gasteiger partial charge in [-0.1, -0.05) is 6.08 Å². The summed E-state index contributed by atoms with van der Waals surface area (Å²) in [7, 11) is 0. The lowest BCUT2D eigenvalue weighted by Crippen LogP contribution is -2.22. The Hall–Kier alpha value is -0.840. The van der Waals surface area contributed by atoms with Crippen LogP contribution in [0.25, 0.3) is 0 Å². The van der Waals surface area contributed by atoms with Crippen molar-refractivity contribution in [1.82, 2.24) is 0 Å². The van der Waals surface area contributed by atoms with Crippen molar-refractivity contribution in [3.8, 4) is 0 Å². The number of alkyl halides is 3. The molecule has 5 heteroatoms. The van der Waals surface area contributed by atoms with Crippen molar-refractivity contribution < 1.29 is 13.2 Å². The van der Waals surface area contributed by atoms with E-state index in [0.29, 0.717) is 5.71 Å². The van der Waals surface area contributed by atoms with E-state index >= 15 is 0 Å². The number of allylic oxidation sites excluding steroid dienone is 2. The van der Waals surface area contributed by atoms with Crippen molar-refractivity contribution in [3.63, 3.8) is 0 Å². The maximum absolute atomic E-state index is 12.7. The summed E-state index contributed by atoms with van der Waals surface area (Å²) in [4.78, 5) is 3.52. The van der Waals surface area contributed by atoms with Gasteiger partial charge in [0.25, 0.3) is 0 Å². The Labute approximate surface area is 75.3 Å². The molecular formula is C8H13F3N2. The smallest absolute Gasteiger partial charge is 0.317 e. The molecule has 0 saturated carbocycles. The normalized spacial score (nSPS) is 14.9. The third kappa shape index (κ3) is 3.59. The molecule has 0 aliphatic heterocycles. The molecule has 13 heavy (non-hydrogen) atoms. The third-order valence-corrected chi connectivity index (χ3v) is 1.42. The second-order valence-corrected chi connectivity index (χ2v) is 2.56. The highest BCUT2D eigenvalue weighted by atomic mass is 19.3. The first-order valence-corrected chi connectivity index (χ1v) is 3.82. The molecule has 0 unspecified atom stereocenters. The molecule has 0 aliphatic carbocycles. The van der Waals surface area contributed by atoms with Gasteiger partial charge in [-0.05, 0) is 13.8 Å². The molecule has 0 rings (SSSR count). The first-order valence-electron chi connectivity index (χ1n) is 3.82. The average molecular weight is 194 g/mol. The van der Waals surface area contributed by atoms with Gasteiger partial charge in [0.2, 0.25) is 0 Å². The summed E-state index contributed by atoms with van der Waals surface area (Å²) in [5.41, 5.74) is 4.94. The van der Waals surface area contributed by atoms with Crippen LogP contribution in [0.2, 0.25) is 0 Å². The van der Waals surface area contributed by atoms with Crippen LogP contribution in [0.15, 0.2) is 16.8 Å². The van der Waals surface area contributed by atoms with E-state index in [9.17, 15) is 13.2 Å². The fraction of sp³-hybridized carbons (Fsp3) is 0.625. The Morgan fingerprint density at radius 2 is 2.08 bits per heavy atom. The molecule has 0 heterocycles. The number of nitrogens with two attached hydrogens (primary N) is 1. The van der Waals surface area contributed by atoms with E-state index in [-0.39, 0.29) is 6.54 Å². The van der Waals surface area contributed by atoms with Crippen LogP contribution in [0, 0.1) is 0 Å². The molecular weight excluding hydrogens is 181 g/mol. The summed E-state index contributed by atoms with van der Waals surface area (Å²) in [5, 5.41) is 0. The van der Waals surface area contributed by atoms with Crippen LogP contribution in [0.5, 0.6) is 0 Å². The summed E-state index contributed by atoms with van der Waals surface area (Å²) >= 11 is 0. The van der Waals surface area contributed by atoms with Gasteiger partial charge in [0.1, 0.15) is 5.70 Å². The second-order valence-electron chi connectivity index (χ2n) is 2.56. The van der Waals surface area contributed by atoms with Gasteiger partial charge in [0, 0.05) is 12.3 Å². The highest BCUT2D eigenvalue weighted by Crippen LogP contribution is 2.25. The first-order chi connectivity index (χ1) is 5.97. The summed E-state index contributed by atoms with van der Waals surface area (Å²) < 4.78 is 37.3. The van der Waals surface area contributed by atoms with Crippen molar-refractivity contribution in [1.29, 1.82) is 0 Å². The Bertz CT molecular complexity index is 221. The van der Waals surface area contributed by atoms with Crippen LogP contribution in [-0.4, -0.2) is 24.9 Å². The predicted octanol–water partition coefficient (Wildman–Crippen LogP) is 1.91. The molecule has 2 nitrogen and oxygen atoms in total. The largest absolute Gasteiger partial charge is 0.325 e. The van der Waals surface area contributed by atoms with Gasteiger partial charge in [-0.2, -0.15) is 8.78 Å². The molecule has 0 amide bonds. The molecule has 0 fully saturated rings. The Kier molecular flexibility index (Phi) is 4.69. The molecule has 0 aliphatic rings. The van der Waals surface area contributed by atoms with Crippen molar-refractivity contribution in [2.24, 2.45) is 10.7 Å². The SMILES string of the molecule is C/C=C(\N=C(C)CN)C(F)(F)CF. The van der Waals surface area contributed by atoms with Gasteiger partial charge in [-0.15, -0.1) is 0 Å². The fourth-order valence-electron chi connectivity index (χ4n) is 0.677. The lowest BCUT2D eigenvalue weighted by Gasteiger charge is -2.12. The van der Waals surface area contributed by atoms with Gasteiger partial charge in [0.15, 0.2) is 6.67 Å². The molecule has 0 aromatic heterocycles. The minimum atomic E-state index is -3.51. The molecule has 76 valence electrons. The van der Waals surface area contributed by atoms with Gasteiger partial charge in [0.05, 0.1) is 0 Å². The van der Waals surface area contributed by atoms with E-state index < -0.39 is 18.3 Å². The zero-order chi connectivity index (χ0) is 10.5. The Morgan fingerprint density at radius 3 is 2.38 bits per heavy atom. The van der Waals surface area contributed by atoms with Gasteiger partial charge in [-0.3, -0.25) is 4.99 Å². The monoisotopic (exact) mass is 194 g/mol. The molecule has 0 spiro atoms. The second kappa shape index (κ2) is 5.01. The van der Waals surface area contributed by atoms with Crippen molar-refractivity contribution in [2.75, 3.05) is 13.2 Å². The van der Waals surface area contributed by atoms with Crippen LogP contribution in [-0.2, 0) is 0 Å². The van der Waals surface area contributed by atoms with Crippen LogP contribution in [0.4, 0.5) is 13.2 Å². The lowest BCUT2D eigenvalue weighted by molar-refractivity contribution is 0.0140. The van der Waals surface area contributed by atoms with Crippen LogP contribution in [0.3, 0.4) is 0 Å². The maximum Gasteiger partial charge on any atom is 0.317 e. The zero-order valence-electron chi connectivity index (χ0n) is 7.65. The Morgan fingerprint density at radius 1 is 1.54 bits per heavy atom. The van der Waals surface area contributed by atoms with Gasteiger partial charge >= 0.3 is 5.92 Å². The number of hydrogen-bond acceptors (Lipinski definition) is 2. The van der Waals surface area contributed by atoms with E-state index in [1.807, 2.05) is 0 Å². The summed E-state index contributed by atoms with van der Waals surface area (Å²) in [6, 6.07) is 0. The van der Waals surface area contributed by atoms with Gasteiger partial charge < -0.3 is 5.73 Å². The lowest BCUT2D eigenvalue weighted by atomic mass is 10.2. The topological polar surface area (TPSA) is 38.4 Å². The molecule has 0 saturated heterocycles. The number of halogens is 3. The molecule has 0 atom stereocenters. The highest BCUT2D eigenvalue weighted by molar-refractivity contribution is 5.84. The highest BCUT2D eigenvalue weighted by Gasteiger charge is 2.33. The van der Waals surface area contributed by atoms with E-state index in [0.717, 1.165) is 6.08 Å². The third-order valence-electron chi connectivity index (χ3n) is 1.42. The van der Waals surface area contributed by atoms with Crippen LogP contribution in [0.1, 0.15) is 13.8 Å². The fourth-order valence-corrected chi connectivity index (χ4v) is 0.677. The number of nitrogens with zero attached hydrogens (tertiary/aromatic N) is 1. The quantitative estimate of drug-likeness (QED) is 0.682. The first kappa shape index (κ1) is 12.2. The standard InChI is InChI=1S/C8H13F3N2/c1-3-7(8(10,11)5-9)13-6(2)4-12/h3H,4-5,12H2,1-2H3/b7-3-,13-6?. The van der Waals surface area contributed by atoms with Crippen molar-refractivity contribution in [3.05, 3.63) is 11.8 Å². The van der Waals surface area contributed by atoms with Crippen LogP contribution >= 0.6 is 0 Å². The van der Waals surface area contributed by atoms with E-state index in [4.69, 9.17) is 5.73 Å². The minimum absolute atomic E-state index is 0.0830. The Balaban J connectivity index is 4.74. The number of aliphatic imine (C=N–C) groups is 1. The summed E-state index contributed by atoms with van der Waals surface area (Å²) in [6.07, 6.45) is 1.08. The van der Waals surface area contributed by atoms with Crippen molar-refractivity contribution >= 4 is 5.71 Å². The van der Waals surface area contributed by atoms with E-state index in [1.165, 1.54) is 13.8 Å². The number of rotatable bonds is 4. The van der Waals surface area contributed by atoms with Gasteiger partial charge in [-0.25, -0.2) is 4.39 Å². The average Bonchev–Trinajstić information content (AvgIpc) is 2.13. The maximum atomic E-state index is 12.7. The summed E-state index contributed by atoms with van der Waals surface area (Å²) in [5.74, 6) is -3.51. The minimum Gasteiger partial charge on any atom is -0.325 e. The zero-order valence-corrected chi connectivity index (χ0v) is 7.65. The predicted molar refractivity (Wildman–Crippen MR) is 46.8 cm³/mol. The summed E-state index contributed by atoms with van der Waals surface area (Å²) in [6.45, 7) is 1.23. The van der Waals surface area contributed by atoms with E-state index in [1.54, 1.807) is 0 Å². The van der Waals surface area contributed by atoms with E-state index in [2.05, 4.69) is 4.99 Å². The molecule has 0 aromatic carbocycles.